The molecule has 0 unspecified atom stereocenters. The Hall–Kier alpha value is -3.22. The van der Waals surface area contributed by atoms with Gasteiger partial charge in [0.25, 0.3) is 0 Å². The summed E-state index contributed by atoms with van der Waals surface area (Å²) in [5.74, 6) is 1.66. The van der Waals surface area contributed by atoms with Crippen molar-refractivity contribution in [2.24, 2.45) is 0 Å². The van der Waals surface area contributed by atoms with Gasteiger partial charge in [-0.05, 0) is 40.5 Å². The van der Waals surface area contributed by atoms with E-state index in [-0.39, 0.29) is 6.09 Å². The zero-order valence-corrected chi connectivity index (χ0v) is 18.6. The van der Waals surface area contributed by atoms with E-state index >= 15 is 0 Å². The van der Waals surface area contributed by atoms with Crippen LogP contribution in [0.25, 0.3) is 22.6 Å². The highest BCUT2D eigenvalue weighted by Crippen LogP contribution is 2.28. The zero-order chi connectivity index (χ0) is 22.0. The predicted octanol–water partition coefficient (Wildman–Crippen LogP) is 4.89. The Balaban J connectivity index is 1.43. The molecule has 3 aromatic rings. The maximum absolute atomic E-state index is 12.3. The fourth-order valence-corrected chi connectivity index (χ4v) is 3.84. The second-order valence-electron chi connectivity index (χ2n) is 8.94. The van der Waals surface area contributed by atoms with Gasteiger partial charge in [-0.3, -0.25) is 0 Å². The van der Waals surface area contributed by atoms with Crippen molar-refractivity contribution in [1.29, 1.82) is 0 Å². The third-order valence-corrected chi connectivity index (χ3v) is 5.41. The first-order valence-corrected chi connectivity index (χ1v) is 10.7. The number of ether oxygens (including phenoxy) is 1. The topological polar surface area (TPSA) is 73.1 Å². The van der Waals surface area contributed by atoms with E-state index in [2.05, 4.69) is 20.7 Å². The standard InChI is InChI=1S/C24H29N5O2/c1-17-27-21(19-14-25-22(26-15-19)18-8-6-5-7-9-18)16-29(17)20-10-12-28(13-11-20)23(30)31-24(2,3)4/h5-9,14-16,20H,10-13H2,1-4H3. The highest BCUT2D eigenvalue weighted by Gasteiger charge is 2.28. The van der Waals surface area contributed by atoms with Crippen LogP contribution in [0.3, 0.4) is 0 Å². The molecular weight excluding hydrogens is 390 g/mol. The van der Waals surface area contributed by atoms with E-state index in [1.54, 1.807) is 4.90 Å². The van der Waals surface area contributed by atoms with Gasteiger partial charge < -0.3 is 14.2 Å². The van der Waals surface area contributed by atoms with Crippen LogP contribution < -0.4 is 0 Å². The van der Waals surface area contributed by atoms with Gasteiger partial charge in [0.05, 0.1) is 5.69 Å². The van der Waals surface area contributed by atoms with E-state index < -0.39 is 5.60 Å². The fourth-order valence-electron chi connectivity index (χ4n) is 3.84. The highest BCUT2D eigenvalue weighted by molar-refractivity contribution is 5.68. The molecule has 0 atom stereocenters. The van der Waals surface area contributed by atoms with Gasteiger partial charge in [-0.2, -0.15) is 0 Å². The average molecular weight is 420 g/mol. The van der Waals surface area contributed by atoms with Crippen molar-refractivity contribution in [1.82, 2.24) is 24.4 Å². The molecule has 1 aliphatic heterocycles. The summed E-state index contributed by atoms with van der Waals surface area (Å²) in [4.78, 5) is 27.9. The van der Waals surface area contributed by atoms with E-state index in [0.29, 0.717) is 25.0 Å². The molecular formula is C24H29N5O2. The summed E-state index contributed by atoms with van der Waals surface area (Å²) in [6.45, 7) is 9.06. The Morgan fingerprint density at radius 1 is 1.03 bits per heavy atom. The van der Waals surface area contributed by atoms with Crippen LogP contribution in [0.1, 0.15) is 45.5 Å². The highest BCUT2D eigenvalue weighted by atomic mass is 16.6. The summed E-state index contributed by atoms with van der Waals surface area (Å²) >= 11 is 0. The lowest BCUT2D eigenvalue weighted by atomic mass is 10.1. The molecule has 1 amide bonds. The third kappa shape index (κ3) is 4.93. The molecule has 7 nitrogen and oxygen atoms in total. The minimum absolute atomic E-state index is 0.232. The van der Waals surface area contributed by atoms with Gasteiger partial charge in [0, 0.05) is 48.8 Å². The van der Waals surface area contributed by atoms with Crippen molar-refractivity contribution >= 4 is 6.09 Å². The van der Waals surface area contributed by atoms with Gasteiger partial charge in [0.2, 0.25) is 0 Å². The van der Waals surface area contributed by atoms with E-state index in [4.69, 9.17) is 9.72 Å². The number of rotatable bonds is 3. The maximum Gasteiger partial charge on any atom is 0.410 e. The van der Waals surface area contributed by atoms with Gasteiger partial charge in [-0.1, -0.05) is 30.3 Å². The second kappa shape index (κ2) is 8.49. The van der Waals surface area contributed by atoms with E-state index in [9.17, 15) is 4.79 Å². The molecule has 3 heterocycles. The number of hydrogen-bond donors (Lipinski definition) is 0. The minimum atomic E-state index is -0.470. The van der Waals surface area contributed by atoms with Crippen molar-refractivity contribution in [2.75, 3.05) is 13.1 Å². The number of likely N-dealkylation sites (tertiary alicyclic amines) is 1. The van der Waals surface area contributed by atoms with Gasteiger partial charge in [0.15, 0.2) is 5.82 Å². The van der Waals surface area contributed by atoms with Crippen LogP contribution in [0.4, 0.5) is 4.79 Å². The smallest absolute Gasteiger partial charge is 0.410 e. The first-order valence-electron chi connectivity index (χ1n) is 10.7. The third-order valence-electron chi connectivity index (χ3n) is 5.41. The summed E-state index contributed by atoms with van der Waals surface area (Å²) < 4.78 is 7.71. The van der Waals surface area contributed by atoms with Crippen molar-refractivity contribution in [3.05, 3.63) is 54.7 Å². The van der Waals surface area contributed by atoms with E-state index in [0.717, 1.165) is 35.5 Å². The molecule has 162 valence electrons. The summed E-state index contributed by atoms with van der Waals surface area (Å²) in [5, 5.41) is 0. The van der Waals surface area contributed by atoms with Gasteiger partial charge in [-0.15, -0.1) is 0 Å². The number of benzene rings is 1. The number of aromatic nitrogens is 4. The molecule has 1 aliphatic rings. The summed E-state index contributed by atoms with van der Waals surface area (Å²) in [6, 6.07) is 10.2. The molecule has 0 saturated carbocycles. The lowest BCUT2D eigenvalue weighted by molar-refractivity contribution is 0.0188. The van der Waals surface area contributed by atoms with Crippen LogP contribution in [0.15, 0.2) is 48.9 Å². The van der Waals surface area contributed by atoms with Crippen molar-refractivity contribution in [2.45, 2.75) is 52.2 Å². The fraction of sp³-hybridized carbons (Fsp3) is 0.417. The van der Waals surface area contributed by atoms with Crippen LogP contribution in [-0.2, 0) is 4.74 Å². The molecule has 2 aromatic heterocycles. The lowest BCUT2D eigenvalue weighted by Gasteiger charge is -2.34. The molecule has 0 bridgehead atoms. The Kier molecular flexibility index (Phi) is 5.76. The first kappa shape index (κ1) is 21.0. The molecule has 0 N–H and O–H groups in total. The molecule has 7 heteroatoms. The normalized spacial score (nSPS) is 15.2. The number of carbonyl (C=O) groups excluding carboxylic acids is 1. The molecule has 1 aromatic carbocycles. The van der Waals surface area contributed by atoms with Crippen LogP contribution in [0.5, 0.6) is 0 Å². The number of piperidine rings is 1. The van der Waals surface area contributed by atoms with Crippen LogP contribution in [0.2, 0.25) is 0 Å². The summed E-state index contributed by atoms with van der Waals surface area (Å²) in [6.07, 6.45) is 7.24. The molecule has 1 fully saturated rings. The number of aryl methyl sites for hydroxylation is 1. The molecule has 0 aliphatic carbocycles. The zero-order valence-electron chi connectivity index (χ0n) is 18.6. The van der Waals surface area contributed by atoms with Crippen LogP contribution in [0, 0.1) is 6.92 Å². The molecule has 1 saturated heterocycles. The van der Waals surface area contributed by atoms with Crippen LogP contribution >= 0.6 is 0 Å². The number of nitrogens with zero attached hydrogens (tertiary/aromatic N) is 5. The largest absolute Gasteiger partial charge is 0.444 e. The molecule has 0 radical (unpaired) electrons. The average Bonchev–Trinajstić information content (AvgIpc) is 3.15. The van der Waals surface area contributed by atoms with E-state index in [1.165, 1.54) is 0 Å². The summed E-state index contributed by atoms with van der Waals surface area (Å²) in [5.41, 5.74) is 2.29. The quantitative estimate of drug-likeness (QED) is 0.604. The number of imidazole rings is 1. The molecule has 4 rings (SSSR count). The first-order chi connectivity index (χ1) is 14.8. The van der Waals surface area contributed by atoms with Crippen molar-refractivity contribution < 1.29 is 9.53 Å². The SMILES string of the molecule is Cc1nc(-c2cnc(-c3ccccc3)nc2)cn1C1CCN(C(=O)OC(C)(C)C)CC1. The van der Waals surface area contributed by atoms with Crippen molar-refractivity contribution in [3.63, 3.8) is 0 Å². The number of hydrogen-bond acceptors (Lipinski definition) is 5. The second-order valence-corrected chi connectivity index (χ2v) is 8.94. The number of amides is 1. The number of carbonyl (C=O) groups is 1. The van der Waals surface area contributed by atoms with Crippen LogP contribution in [-0.4, -0.2) is 49.2 Å². The van der Waals surface area contributed by atoms with Crippen molar-refractivity contribution in [3.8, 4) is 22.6 Å². The Bertz CT molecular complexity index is 1030. The maximum atomic E-state index is 12.3. The van der Waals surface area contributed by atoms with Gasteiger partial charge in [0.1, 0.15) is 11.4 Å². The predicted molar refractivity (Wildman–Crippen MR) is 120 cm³/mol. The summed E-state index contributed by atoms with van der Waals surface area (Å²) in [7, 11) is 0. The van der Waals surface area contributed by atoms with E-state index in [1.807, 2.05) is 70.4 Å². The molecule has 0 spiro atoms. The Morgan fingerprint density at radius 3 is 2.29 bits per heavy atom. The van der Waals surface area contributed by atoms with Gasteiger partial charge >= 0.3 is 6.09 Å². The minimum Gasteiger partial charge on any atom is -0.444 e. The van der Waals surface area contributed by atoms with Gasteiger partial charge in [-0.25, -0.2) is 19.7 Å². The molecule has 31 heavy (non-hydrogen) atoms. The Morgan fingerprint density at radius 2 is 1.68 bits per heavy atom. The monoisotopic (exact) mass is 419 g/mol. The Labute approximate surface area is 183 Å². The lowest BCUT2D eigenvalue weighted by Crippen LogP contribution is -2.42.